The lowest BCUT2D eigenvalue weighted by atomic mass is 9.67. The van der Waals surface area contributed by atoms with Crippen molar-refractivity contribution in [1.29, 1.82) is 0 Å². The number of hydrogen-bond acceptors (Lipinski definition) is 3. The van der Waals surface area contributed by atoms with Gasteiger partial charge in [0.05, 0.1) is 0 Å². The van der Waals surface area contributed by atoms with Crippen LogP contribution in [0.15, 0.2) is 0 Å². The van der Waals surface area contributed by atoms with E-state index >= 15 is 0 Å². The number of hydrogen-bond donors (Lipinski definition) is 1. The van der Waals surface area contributed by atoms with Gasteiger partial charge in [0.15, 0.2) is 0 Å². The number of likely N-dealkylation sites (N-methyl/N-ethyl adjacent to an activating group) is 1. The average Bonchev–Trinajstić information content (AvgIpc) is 2.97. The molecule has 1 aliphatic carbocycles. The maximum Gasteiger partial charge on any atom is 0.0359 e. The summed E-state index contributed by atoms with van der Waals surface area (Å²) in [6.45, 7) is 10.6. The second-order valence-corrected chi connectivity index (χ2v) is 7.37. The second-order valence-electron chi connectivity index (χ2n) is 7.37. The molecule has 0 spiro atoms. The van der Waals surface area contributed by atoms with E-state index in [1.54, 1.807) is 0 Å². The molecule has 3 nitrogen and oxygen atoms in total. The van der Waals surface area contributed by atoms with Gasteiger partial charge >= 0.3 is 0 Å². The van der Waals surface area contributed by atoms with Gasteiger partial charge in [0, 0.05) is 25.2 Å². The predicted octanol–water partition coefficient (Wildman–Crippen LogP) is 2.56. The Morgan fingerprint density at radius 1 is 1.20 bits per heavy atom. The maximum absolute atomic E-state index is 6.30. The highest BCUT2D eigenvalue weighted by Crippen LogP contribution is 2.41. The Morgan fingerprint density at radius 2 is 1.90 bits per heavy atom. The predicted molar refractivity (Wildman–Crippen MR) is 86.9 cm³/mol. The lowest BCUT2D eigenvalue weighted by Crippen LogP contribution is -2.60. The SMILES string of the molecule is CC(C)C1CCCCC1(CN)N(C)CCN1CCCC1. The monoisotopic (exact) mass is 281 g/mol. The molecule has 118 valence electrons. The van der Waals surface area contributed by atoms with Crippen molar-refractivity contribution in [3.05, 3.63) is 0 Å². The van der Waals surface area contributed by atoms with Crippen LogP contribution in [0.3, 0.4) is 0 Å². The van der Waals surface area contributed by atoms with Crippen molar-refractivity contribution in [3.63, 3.8) is 0 Å². The average molecular weight is 281 g/mol. The zero-order valence-corrected chi connectivity index (χ0v) is 13.9. The molecule has 1 heterocycles. The highest BCUT2D eigenvalue weighted by Gasteiger charge is 2.43. The van der Waals surface area contributed by atoms with Crippen LogP contribution in [-0.2, 0) is 0 Å². The Morgan fingerprint density at radius 3 is 2.50 bits per heavy atom. The lowest BCUT2D eigenvalue weighted by molar-refractivity contribution is -0.000410. The molecule has 0 aromatic heterocycles. The van der Waals surface area contributed by atoms with Crippen LogP contribution >= 0.6 is 0 Å². The van der Waals surface area contributed by atoms with Crippen molar-refractivity contribution in [2.24, 2.45) is 17.6 Å². The molecule has 2 N–H and O–H groups in total. The van der Waals surface area contributed by atoms with E-state index in [1.807, 2.05) is 0 Å². The first-order chi connectivity index (χ1) is 9.60. The molecule has 0 radical (unpaired) electrons. The van der Waals surface area contributed by atoms with E-state index in [0.717, 1.165) is 18.4 Å². The molecular weight excluding hydrogens is 246 g/mol. The molecule has 1 aliphatic heterocycles. The third-order valence-electron chi connectivity index (χ3n) is 5.93. The summed E-state index contributed by atoms with van der Waals surface area (Å²) in [5.74, 6) is 1.51. The Labute approximate surface area is 125 Å². The van der Waals surface area contributed by atoms with E-state index in [2.05, 4.69) is 30.7 Å². The van der Waals surface area contributed by atoms with Gasteiger partial charge in [-0.25, -0.2) is 0 Å². The first-order valence-electron chi connectivity index (χ1n) is 8.74. The van der Waals surface area contributed by atoms with Crippen LogP contribution in [0.2, 0.25) is 0 Å². The number of likely N-dealkylation sites (tertiary alicyclic amines) is 1. The minimum Gasteiger partial charge on any atom is -0.329 e. The van der Waals surface area contributed by atoms with Gasteiger partial charge in [-0.1, -0.05) is 26.7 Å². The highest BCUT2D eigenvalue weighted by molar-refractivity contribution is 5.00. The minimum atomic E-state index is 0.256. The standard InChI is InChI=1S/C17H35N3/c1-15(2)16-8-4-5-9-17(16,14-18)19(3)12-13-20-10-6-7-11-20/h15-16H,4-14,18H2,1-3H3. The third kappa shape index (κ3) is 3.37. The lowest BCUT2D eigenvalue weighted by Gasteiger charge is -2.51. The van der Waals surface area contributed by atoms with Crippen LogP contribution in [0.4, 0.5) is 0 Å². The number of nitrogens with zero attached hydrogens (tertiary/aromatic N) is 2. The number of nitrogens with two attached hydrogens (primary N) is 1. The van der Waals surface area contributed by atoms with Crippen molar-refractivity contribution in [3.8, 4) is 0 Å². The summed E-state index contributed by atoms with van der Waals surface area (Å²) in [5.41, 5.74) is 6.55. The van der Waals surface area contributed by atoms with Gasteiger partial charge in [-0.2, -0.15) is 0 Å². The van der Waals surface area contributed by atoms with Crippen LogP contribution in [0.25, 0.3) is 0 Å². The van der Waals surface area contributed by atoms with Gasteiger partial charge in [-0.3, -0.25) is 4.90 Å². The summed E-state index contributed by atoms with van der Waals surface area (Å²) in [7, 11) is 2.32. The van der Waals surface area contributed by atoms with E-state index in [4.69, 9.17) is 5.73 Å². The Balaban J connectivity index is 1.98. The molecule has 0 aromatic carbocycles. The largest absolute Gasteiger partial charge is 0.329 e. The molecule has 0 bridgehead atoms. The molecule has 3 heteroatoms. The topological polar surface area (TPSA) is 32.5 Å². The van der Waals surface area contributed by atoms with Crippen molar-refractivity contribution < 1.29 is 0 Å². The minimum absolute atomic E-state index is 0.256. The first-order valence-corrected chi connectivity index (χ1v) is 8.74. The van der Waals surface area contributed by atoms with E-state index in [0.29, 0.717) is 0 Å². The zero-order valence-electron chi connectivity index (χ0n) is 13.9. The third-order valence-corrected chi connectivity index (χ3v) is 5.93. The van der Waals surface area contributed by atoms with E-state index in [1.165, 1.54) is 64.7 Å². The van der Waals surface area contributed by atoms with Crippen LogP contribution in [0.5, 0.6) is 0 Å². The summed E-state index contributed by atoms with van der Waals surface area (Å²) < 4.78 is 0. The molecule has 2 rings (SSSR count). The normalized spacial score (nSPS) is 32.4. The van der Waals surface area contributed by atoms with Crippen LogP contribution in [0, 0.1) is 11.8 Å². The molecule has 1 saturated heterocycles. The molecule has 2 fully saturated rings. The Hall–Kier alpha value is -0.120. The van der Waals surface area contributed by atoms with Crippen molar-refractivity contribution >= 4 is 0 Å². The van der Waals surface area contributed by atoms with Crippen molar-refractivity contribution in [2.75, 3.05) is 39.8 Å². The van der Waals surface area contributed by atoms with Gasteiger partial charge in [-0.05, 0) is 57.7 Å². The van der Waals surface area contributed by atoms with E-state index < -0.39 is 0 Å². The molecule has 0 amide bonds. The van der Waals surface area contributed by atoms with Crippen LogP contribution in [-0.4, -0.2) is 55.1 Å². The fraction of sp³-hybridized carbons (Fsp3) is 1.00. The fourth-order valence-electron chi connectivity index (χ4n) is 4.61. The molecule has 2 atom stereocenters. The first kappa shape index (κ1) is 16.3. The highest BCUT2D eigenvalue weighted by atomic mass is 15.2. The molecular formula is C17H35N3. The van der Waals surface area contributed by atoms with Gasteiger partial charge in [0.2, 0.25) is 0 Å². The summed E-state index contributed by atoms with van der Waals surface area (Å²) in [5, 5.41) is 0. The summed E-state index contributed by atoms with van der Waals surface area (Å²) in [6, 6.07) is 0. The van der Waals surface area contributed by atoms with Crippen LogP contribution < -0.4 is 5.73 Å². The van der Waals surface area contributed by atoms with Crippen LogP contribution in [0.1, 0.15) is 52.4 Å². The summed E-state index contributed by atoms with van der Waals surface area (Å²) >= 11 is 0. The maximum atomic E-state index is 6.30. The smallest absolute Gasteiger partial charge is 0.0359 e. The quantitative estimate of drug-likeness (QED) is 0.812. The van der Waals surface area contributed by atoms with Gasteiger partial charge in [-0.15, -0.1) is 0 Å². The summed E-state index contributed by atoms with van der Waals surface area (Å²) in [6.07, 6.45) is 8.19. The van der Waals surface area contributed by atoms with Gasteiger partial charge in [0.25, 0.3) is 0 Å². The zero-order chi connectivity index (χ0) is 14.6. The van der Waals surface area contributed by atoms with Crippen molar-refractivity contribution in [2.45, 2.75) is 57.9 Å². The van der Waals surface area contributed by atoms with Crippen molar-refractivity contribution in [1.82, 2.24) is 9.80 Å². The molecule has 0 aromatic rings. The Kier molecular flexibility index (Phi) is 5.88. The number of rotatable bonds is 6. The van der Waals surface area contributed by atoms with E-state index in [-0.39, 0.29) is 5.54 Å². The molecule has 2 aliphatic rings. The molecule has 2 unspecified atom stereocenters. The fourth-order valence-corrected chi connectivity index (χ4v) is 4.61. The molecule has 20 heavy (non-hydrogen) atoms. The van der Waals surface area contributed by atoms with Gasteiger partial charge < -0.3 is 10.6 Å². The molecule has 1 saturated carbocycles. The second kappa shape index (κ2) is 7.24. The van der Waals surface area contributed by atoms with Gasteiger partial charge in [0.1, 0.15) is 0 Å². The summed E-state index contributed by atoms with van der Waals surface area (Å²) in [4.78, 5) is 5.24. The van der Waals surface area contributed by atoms with E-state index in [9.17, 15) is 0 Å². The Bertz CT molecular complexity index is 286.